The highest BCUT2D eigenvalue weighted by Gasteiger charge is 2.19. The summed E-state index contributed by atoms with van der Waals surface area (Å²) < 4.78 is 1.05. The number of hydrogen-bond acceptors (Lipinski definition) is 3. The zero-order valence-corrected chi connectivity index (χ0v) is 11.6. The van der Waals surface area contributed by atoms with Crippen molar-refractivity contribution in [3.05, 3.63) is 34.6 Å². The third kappa shape index (κ3) is 2.47. The third-order valence-corrected chi connectivity index (χ3v) is 3.76. The Hall–Kier alpha value is -1.20. The molecular formula is C13H15BrN4. The summed E-state index contributed by atoms with van der Waals surface area (Å²) in [5.41, 5.74) is 1.04. The van der Waals surface area contributed by atoms with Gasteiger partial charge in [-0.25, -0.2) is 4.98 Å². The molecule has 0 saturated carbocycles. The van der Waals surface area contributed by atoms with Crippen LogP contribution >= 0.6 is 15.9 Å². The zero-order chi connectivity index (χ0) is 12.4. The number of aromatic nitrogens is 3. The van der Waals surface area contributed by atoms with Crippen LogP contribution in [0, 0.1) is 0 Å². The highest BCUT2D eigenvalue weighted by atomic mass is 79.9. The molecule has 0 amide bonds. The molecule has 0 radical (unpaired) electrons. The van der Waals surface area contributed by atoms with Gasteiger partial charge < -0.3 is 5.32 Å². The van der Waals surface area contributed by atoms with Crippen LogP contribution in [0.4, 0.5) is 0 Å². The van der Waals surface area contributed by atoms with E-state index in [1.807, 2.05) is 24.3 Å². The van der Waals surface area contributed by atoms with E-state index in [0.717, 1.165) is 34.8 Å². The minimum Gasteiger partial charge on any atom is -0.316 e. The van der Waals surface area contributed by atoms with Crippen LogP contribution in [0.5, 0.6) is 0 Å². The number of nitrogens with zero attached hydrogens (tertiary/aromatic N) is 2. The molecule has 18 heavy (non-hydrogen) atoms. The van der Waals surface area contributed by atoms with Gasteiger partial charge in [0.25, 0.3) is 0 Å². The molecule has 1 fully saturated rings. The average Bonchev–Trinajstić information content (AvgIpc) is 2.89. The van der Waals surface area contributed by atoms with Gasteiger partial charge in [-0.3, -0.25) is 5.10 Å². The molecular weight excluding hydrogens is 292 g/mol. The van der Waals surface area contributed by atoms with E-state index >= 15 is 0 Å². The monoisotopic (exact) mass is 306 g/mol. The molecule has 0 aliphatic carbocycles. The van der Waals surface area contributed by atoms with Crippen LogP contribution in [-0.2, 0) is 0 Å². The topological polar surface area (TPSA) is 53.6 Å². The molecule has 1 aliphatic heterocycles. The van der Waals surface area contributed by atoms with Crippen LogP contribution in [0.25, 0.3) is 11.4 Å². The van der Waals surface area contributed by atoms with Crippen LogP contribution in [0.2, 0.25) is 0 Å². The molecule has 0 bridgehead atoms. The van der Waals surface area contributed by atoms with Crippen molar-refractivity contribution in [1.29, 1.82) is 0 Å². The van der Waals surface area contributed by atoms with Gasteiger partial charge in [-0.2, -0.15) is 5.10 Å². The molecule has 1 saturated heterocycles. The molecule has 5 heteroatoms. The van der Waals surface area contributed by atoms with Gasteiger partial charge in [-0.05, 0) is 31.5 Å². The smallest absolute Gasteiger partial charge is 0.181 e. The number of rotatable bonds is 2. The van der Waals surface area contributed by atoms with Crippen molar-refractivity contribution in [2.75, 3.05) is 13.1 Å². The second-order valence-electron chi connectivity index (χ2n) is 4.60. The Kier molecular flexibility index (Phi) is 3.43. The van der Waals surface area contributed by atoms with Crippen molar-refractivity contribution in [3.8, 4) is 11.4 Å². The van der Waals surface area contributed by atoms with Crippen molar-refractivity contribution >= 4 is 15.9 Å². The molecule has 1 aliphatic rings. The number of piperidine rings is 1. The van der Waals surface area contributed by atoms with Gasteiger partial charge in [0.15, 0.2) is 5.82 Å². The van der Waals surface area contributed by atoms with Crippen LogP contribution < -0.4 is 5.32 Å². The average molecular weight is 307 g/mol. The maximum atomic E-state index is 4.62. The number of H-pyrrole nitrogens is 1. The van der Waals surface area contributed by atoms with Crippen LogP contribution in [0.3, 0.4) is 0 Å². The van der Waals surface area contributed by atoms with Crippen LogP contribution in [0.1, 0.15) is 24.6 Å². The number of aromatic amines is 1. The van der Waals surface area contributed by atoms with Gasteiger partial charge in [0.1, 0.15) is 5.82 Å². The van der Waals surface area contributed by atoms with Gasteiger partial charge >= 0.3 is 0 Å². The Balaban J connectivity index is 1.84. The van der Waals surface area contributed by atoms with E-state index in [4.69, 9.17) is 0 Å². The minimum atomic E-state index is 0.465. The van der Waals surface area contributed by atoms with E-state index in [-0.39, 0.29) is 0 Å². The predicted octanol–water partition coefficient (Wildman–Crippen LogP) is 2.70. The summed E-state index contributed by atoms with van der Waals surface area (Å²) in [6.45, 7) is 2.11. The number of nitrogens with one attached hydrogen (secondary N) is 2. The standard InChI is InChI=1S/C13H15BrN4/c14-11-5-1-3-9(7-11)12-16-13(18-17-12)10-4-2-6-15-8-10/h1,3,5,7,10,15H,2,4,6,8H2,(H,16,17,18). The summed E-state index contributed by atoms with van der Waals surface area (Å²) in [6, 6.07) is 8.06. The maximum Gasteiger partial charge on any atom is 0.181 e. The Bertz CT molecular complexity index is 531. The number of benzene rings is 1. The highest BCUT2D eigenvalue weighted by Crippen LogP contribution is 2.24. The van der Waals surface area contributed by atoms with E-state index < -0.39 is 0 Å². The first-order chi connectivity index (χ1) is 8.83. The van der Waals surface area contributed by atoms with Crippen molar-refractivity contribution in [2.24, 2.45) is 0 Å². The molecule has 1 unspecified atom stereocenters. The van der Waals surface area contributed by atoms with Gasteiger partial charge in [-0.15, -0.1) is 0 Å². The predicted molar refractivity (Wildman–Crippen MR) is 74.4 cm³/mol. The Morgan fingerprint density at radius 1 is 1.33 bits per heavy atom. The van der Waals surface area contributed by atoms with E-state index in [1.165, 1.54) is 12.8 Å². The number of hydrogen-bond donors (Lipinski definition) is 2. The molecule has 0 spiro atoms. The van der Waals surface area contributed by atoms with Crippen molar-refractivity contribution < 1.29 is 0 Å². The molecule has 1 atom stereocenters. The molecule has 1 aromatic carbocycles. The van der Waals surface area contributed by atoms with E-state index in [1.54, 1.807) is 0 Å². The quantitative estimate of drug-likeness (QED) is 0.897. The SMILES string of the molecule is Brc1cccc(-c2n[nH]c(C3CCCNC3)n2)c1. The molecule has 4 nitrogen and oxygen atoms in total. The summed E-state index contributed by atoms with van der Waals surface area (Å²) in [7, 11) is 0. The van der Waals surface area contributed by atoms with E-state index in [9.17, 15) is 0 Å². The molecule has 2 heterocycles. The van der Waals surface area contributed by atoms with Crippen molar-refractivity contribution in [2.45, 2.75) is 18.8 Å². The lowest BCUT2D eigenvalue weighted by Crippen LogP contribution is -2.28. The van der Waals surface area contributed by atoms with Crippen molar-refractivity contribution in [1.82, 2.24) is 20.5 Å². The summed E-state index contributed by atoms with van der Waals surface area (Å²) >= 11 is 3.47. The summed E-state index contributed by atoms with van der Waals surface area (Å²) in [5.74, 6) is 2.24. The molecule has 94 valence electrons. The first kappa shape index (κ1) is 11.9. The van der Waals surface area contributed by atoms with Crippen LogP contribution in [0.15, 0.2) is 28.7 Å². The van der Waals surface area contributed by atoms with Crippen LogP contribution in [-0.4, -0.2) is 28.3 Å². The van der Waals surface area contributed by atoms with Crippen molar-refractivity contribution in [3.63, 3.8) is 0 Å². The third-order valence-electron chi connectivity index (χ3n) is 3.27. The van der Waals surface area contributed by atoms with Gasteiger partial charge in [0.2, 0.25) is 0 Å². The largest absolute Gasteiger partial charge is 0.316 e. The van der Waals surface area contributed by atoms with Gasteiger partial charge in [0.05, 0.1) is 0 Å². The first-order valence-corrected chi connectivity index (χ1v) is 7.01. The summed E-state index contributed by atoms with van der Waals surface area (Å²) in [5, 5.41) is 10.8. The molecule has 3 rings (SSSR count). The second kappa shape index (κ2) is 5.20. The normalized spacial score (nSPS) is 19.9. The van der Waals surface area contributed by atoms with Gasteiger partial charge in [-0.1, -0.05) is 28.1 Å². The van der Waals surface area contributed by atoms with E-state index in [2.05, 4.69) is 36.4 Å². The fourth-order valence-corrected chi connectivity index (χ4v) is 2.70. The second-order valence-corrected chi connectivity index (χ2v) is 5.51. The Labute approximate surface area is 114 Å². The first-order valence-electron chi connectivity index (χ1n) is 6.22. The molecule has 2 aromatic rings. The lowest BCUT2D eigenvalue weighted by molar-refractivity contribution is 0.447. The highest BCUT2D eigenvalue weighted by molar-refractivity contribution is 9.10. The minimum absolute atomic E-state index is 0.465. The fraction of sp³-hybridized carbons (Fsp3) is 0.385. The summed E-state index contributed by atoms with van der Waals surface area (Å²) in [6.07, 6.45) is 2.39. The Morgan fingerprint density at radius 3 is 3.06 bits per heavy atom. The maximum absolute atomic E-state index is 4.62. The zero-order valence-electron chi connectivity index (χ0n) is 9.99. The molecule has 1 aromatic heterocycles. The summed E-state index contributed by atoms with van der Waals surface area (Å²) in [4.78, 5) is 4.62. The fourth-order valence-electron chi connectivity index (χ4n) is 2.30. The lowest BCUT2D eigenvalue weighted by atomic mass is 9.99. The van der Waals surface area contributed by atoms with Gasteiger partial charge in [0, 0.05) is 22.5 Å². The Morgan fingerprint density at radius 2 is 2.28 bits per heavy atom. The van der Waals surface area contributed by atoms with E-state index in [0.29, 0.717) is 5.92 Å². The molecule has 2 N–H and O–H groups in total. The number of halogens is 1. The lowest BCUT2D eigenvalue weighted by Gasteiger charge is -2.20.